The molecule has 0 aliphatic rings. The second-order valence-electron chi connectivity index (χ2n) is 6.24. The molecular weight excluding hydrogens is 431 g/mol. The Morgan fingerprint density at radius 3 is 2.14 bits per heavy atom. The fourth-order valence-electron chi connectivity index (χ4n) is 2.68. The van der Waals surface area contributed by atoms with Gasteiger partial charge in [-0.2, -0.15) is 4.31 Å². The summed E-state index contributed by atoms with van der Waals surface area (Å²) < 4.78 is 27.5. The van der Waals surface area contributed by atoms with E-state index in [9.17, 15) is 13.2 Å². The van der Waals surface area contributed by atoms with E-state index in [2.05, 4.69) is 5.32 Å². The molecule has 0 bridgehead atoms. The highest BCUT2D eigenvalue weighted by Crippen LogP contribution is 2.23. The van der Waals surface area contributed by atoms with E-state index in [1.54, 1.807) is 36.4 Å². The third kappa shape index (κ3) is 5.58. The number of amides is 1. The highest BCUT2D eigenvalue weighted by atomic mass is 35.5. The third-order valence-electron chi connectivity index (χ3n) is 4.12. The lowest BCUT2D eigenvalue weighted by Crippen LogP contribution is -2.37. The zero-order valence-corrected chi connectivity index (χ0v) is 17.6. The van der Waals surface area contributed by atoms with E-state index >= 15 is 0 Å². The van der Waals surface area contributed by atoms with E-state index < -0.39 is 15.9 Å². The number of nitrogens with zero attached hydrogens (tertiary/aromatic N) is 1. The first-order valence-corrected chi connectivity index (χ1v) is 10.9. The molecule has 8 heteroatoms. The van der Waals surface area contributed by atoms with E-state index in [0.717, 1.165) is 9.87 Å². The molecule has 0 spiro atoms. The predicted molar refractivity (Wildman–Crippen MR) is 116 cm³/mol. The van der Waals surface area contributed by atoms with Gasteiger partial charge in [-0.15, -0.1) is 0 Å². The Labute approximate surface area is 179 Å². The lowest BCUT2D eigenvalue weighted by molar-refractivity contribution is -0.116. The SMILES string of the molecule is O=C(CN(Cc1ccccc1)S(=O)(=O)c1ccc(Cl)cc1)Nc1ccccc1Cl. The van der Waals surface area contributed by atoms with Crippen molar-refractivity contribution < 1.29 is 13.2 Å². The Kier molecular flexibility index (Phi) is 6.92. The van der Waals surface area contributed by atoms with Crippen LogP contribution in [0.25, 0.3) is 0 Å². The number of sulfonamides is 1. The minimum atomic E-state index is -3.93. The van der Waals surface area contributed by atoms with Crippen LogP contribution in [0.2, 0.25) is 10.0 Å². The standard InChI is InChI=1S/C21H18Cl2N2O3S/c22-17-10-12-18(13-11-17)29(27,28)25(14-16-6-2-1-3-7-16)15-21(26)24-20-9-5-4-8-19(20)23/h1-13H,14-15H2,(H,24,26). The van der Waals surface area contributed by atoms with Gasteiger partial charge in [0.15, 0.2) is 0 Å². The van der Waals surface area contributed by atoms with Crippen LogP contribution < -0.4 is 5.32 Å². The van der Waals surface area contributed by atoms with Crippen molar-refractivity contribution in [3.63, 3.8) is 0 Å². The predicted octanol–water partition coefficient (Wildman–Crippen LogP) is 4.82. The molecule has 0 heterocycles. The number of nitrogens with one attached hydrogen (secondary N) is 1. The number of hydrogen-bond acceptors (Lipinski definition) is 3. The van der Waals surface area contributed by atoms with Gasteiger partial charge in [0.25, 0.3) is 0 Å². The number of rotatable bonds is 7. The molecule has 5 nitrogen and oxygen atoms in total. The molecular formula is C21H18Cl2N2O3S. The molecule has 150 valence electrons. The van der Waals surface area contributed by atoms with E-state index in [0.29, 0.717) is 15.7 Å². The minimum absolute atomic E-state index is 0.0434. The van der Waals surface area contributed by atoms with Gasteiger partial charge in [0.05, 0.1) is 22.2 Å². The van der Waals surface area contributed by atoms with Crippen LogP contribution in [0.5, 0.6) is 0 Å². The summed E-state index contributed by atoms with van der Waals surface area (Å²) in [6.45, 7) is -0.327. The maximum Gasteiger partial charge on any atom is 0.243 e. The van der Waals surface area contributed by atoms with Crippen LogP contribution in [-0.2, 0) is 21.4 Å². The molecule has 0 unspecified atom stereocenters. The molecule has 0 aliphatic carbocycles. The Morgan fingerprint density at radius 2 is 1.48 bits per heavy atom. The molecule has 0 radical (unpaired) electrons. The summed E-state index contributed by atoms with van der Waals surface area (Å²) in [5.41, 5.74) is 1.18. The molecule has 0 aliphatic heterocycles. The van der Waals surface area contributed by atoms with Gasteiger partial charge in [0.1, 0.15) is 0 Å². The molecule has 1 amide bonds. The average Bonchev–Trinajstić information content (AvgIpc) is 2.70. The highest BCUT2D eigenvalue weighted by Gasteiger charge is 2.27. The second-order valence-corrected chi connectivity index (χ2v) is 9.02. The highest BCUT2D eigenvalue weighted by molar-refractivity contribution is 7.89. The first kappa shape index (κ1) is 21.3. The monoisotopic (exact) mass is 448 g/mol. The summed E-state index contributed by atoms with van der Waals surface area (Å²) >= 11 is 12.0. The molecule has 3 aromatic carbocycles. The number of anilines is 1. The first-order valence-electron chi connectivity index (χ1n) is 8.70. The smallest absolute Gasteiger partial charge is 0.243 e. The molecule has 3 rings (SSSR count). The van der Waals surface area contributed by atoms with Crippen LogP contribution in [0.1, 0.15) is 5.56 Å². The molecule has 0 saturated carbocycles. The van der Waals surface area contributed by atoms with Gasteiger partial charge in [-0.3, -0.25) is 4.79 Å². The molecule has 0 fully saturated rings. The third-order valence-corrected chi connectivity index (χ3v) is 6.51. The molecule has 3 aromatic rings. The van der Waals surface area contributed by atoms with Crippen LogP contribution in [0.15, 0.2) is 83.8 Å². The van der Waals surface area contributed by atoms with E-state index in [4.69, 9.17) is 23.2 Å². The number of benzene rings is 3. The van der Waals surface area contributed by atoms with E-state index in [-0.39, 0.29) is 18.0 Å². The zero-order chi connectivity index (χ0) is 20.9. The Balaban J connectivity index is 1.87. The van der Waals surface area contributed by atoms with Gasteiger partial charge < -0.3 is 5.32 Å². The zero-order valence-electron chi connectivity index (χ0n) is 15.3. The van der Waals surface area contributed by atoms with Crippen molar-refractivity contribution in [2.24, 2.45) is 0 Å². The fourth-order valence-corrected chi connectivity index (χ4v) is 4.37. The van der Waals surface area contributed by atoms with Crippen molar-refractivity contribution >= 4 is 44.8 Å². The van der Waals surface area contributed by atoms with Crippen molar-refractivity contribution in [1.82, 2.24) is 4.31 Å². The summed E-state index contributed by atoms with van der Waals surface area (Å²) in [5.74, 6) is -0.494. The maximum absolute atomic E-state index is 13.2. The molecule has 0 atom stereocenters. The number of carbonyl (C=O) groups is 1. The summed E-state index contributed by atoms with van der Waals surface area (Å²) in [6, 6.07) is 21.7. The minimum Gasteiger partial charge on any atom is -0.324 e. The molecule has 29 heavy (non-hydrogen) atoms. The number of hydrogen-bond donors (Lipinski definition) is 1. The Morgan fingerprint density at radius 1 is 0.862 bits per heavy atom. The van der Waals surface area contributed by atoms with Crippen LogP contribution in [0, 0.1) is 0 Å². The Hall–Kier alpha value is -2.38. The van der Waals surface area contributed by atoms with Gasteiger partial charge in [-0.25, -0.2) is 8.42 Å². The average molecular weight is 449 g/mol. The van der Waals surface area contributed by atoms with Crippen molar-refractivity contribution in [2.75, 3.05) is 11.9 Å². The first-order chi connectivity index (χ1) is 13.9. The van der Waals surface area contributed by atoms with E-state index in [1.165, 1.54) is 24.3 Å². The van der Waals surface area contributed by atoms with Gasteiger partial charge in [0, 0.05) is 11.6 Å². The van der Waals surface area contributed by atoms with Crippen LogP contribution in [-0.4, -0.2) is 25.2 Å². The van der Waals surface area contributed by atoms with Gasteiger partial charge in [-0.05, 0) is 42.0 Å². The van der Waals surface area contributed by atoms with Gasteiger partial charge in [0.2, 0.25) is 15.9 Å². The van der Waals surface area contributed by atoms with E-state index in [1.807, 2.05) is 18.2 Å². The fraction of sp³-hybridized carbons (Fsp3) is 0.0952. The summed E-state index contributed by atoms with van der Waals surface area (Å²) in [5, 5.41) is 3.46. The van der Waals surface area contributed by atoms with Crippen molar-refractivity contribution in [3.05, 3.63) is 94.5 Å². The number of carbonyl (C=O) groups excluding carboxylic acids is 1. The van der Waals surface area contributed by atoms with Crippen molar-refractivity contribution in [1.29, 1.82) is 0 Å². The van der Waals surface area contributed by atoms with Crippen LogP contribution in [0.4, 0.5) is 5.69 Å². The van der Waals surface area contributed by atoms with Crippen molar-refractivity contribution in [2.45, 2.75) is 11.4 Å². The summed E-state index contributed by atoms with van der Waals surface area (Å²) in [4.78, 5) is 12.7. The molecule has 1 N–H and O–H groups in total. The second kappa shape index (κ2) is 9.41. The molecule has 0 aromatic heterocycles. The van der Waals surface area contributed by atoms with Crippen LogP contribution in [0.3, 0.4) is 0 Å². The summed E-state index contributed by atoms with van der Waals surface area (Å²) in [7, 11) is -3.93. The van der Waals surface area contributed by atoms with Crippen molar-refractivity contribution in [3.8, 4) is 0 Å². The topological polar surface area (TPSA) is 66.5 Å². The number of halogens is 2. The van der Waals surface area contributed by atoms with Gasteiger partial charge >= 0.3 is 0 Å². The summed E-state index contributed by atoms with van der Waals surface area (Å²) in [6.07, 6.45) is 0. The normalized spacial score (nSPS) is 11.4. The number of para-hydroxylation sites is 1. The largest absolute Gasteiger partial charge is 0.324 e. The maximum atomic E-state index is 13.2. The Bertz CT molecular complexity index is 1090. The van der Waals surface area contributed by atoms with Gasteiger partial charge in [-0.1, -0.05) is 65.7 Å². The lowest BCUT2D eigenvalue weighted by Gasteiger charge is -2.22. The lowest BCUT2D eigenvalue weighted by atomic mass is 10.2. The quantitative estimate of drug-likeness (QED) is 0.562. The molecule has 0 saturated heterocycles. The van der Waals surface area contributed by atoms with Crippen LogP contribution >= 0.6 is 23.2 Å².